The summed E-state index contributed by atoms with van der Waals surface area (Å²) in [6.07, 6.45) is 0. The van der Waals surface area contributed by atoms with Crippen molar-refractivity contribution in [3.05, 3.63) is 59.1 Å². The van der Waals surface area contributed by atoms with Crippen molar-refractivity contribution in [1.82, 2.24) is 19.7 Å². The highest BCUT2D eigenvalue weighted by Crippen LogP contribution is 2.32. The van der Waals surface area contributed by atoms with Gasteiger partial charge in [0.05, 0.1) is 19.0 Å². The number of halogens is 1. The van der Waals surface area contributed by atoms with Crippen molar-refractivity contribution in [2.24, 2.45) is 0 Å². The van der Waals surface area contributed by atoms with Crippen LogP contribution in [0.4, 0.5) is 0 Å². The number of rotatable bonds is 5. The van der Waals surface area contributed by atoms with Crippen molar-refractivity contribution < 1.29 is 9.53 Å². The van der Waals surface area contributed by atoms with Gasteiger partial charge in [-0.1, -0.05) is 64.1 Å². The van der Waals surface area contributed by atoms with Gasteiger partial charge in [0.15, 0.2) is 11.0 Å². The van der Waals surface area contributed by atoms with Crippen molar-refractivity contribution in [2.75, 3.05) is 32.1 Å². The molecular formula is C20H19BrN4O2S. The van der Waals surface area contributed by atoms with Crippen LogP contribution in [0.15, 0.2) is 64.2 Å². The Balaban J connectivity index is 1.64. The number of amides is 1. The first-order valence-electron chi connectivity index (χ1n) is 8.98. The van der Waals surface area contributed by atoms with Crippen LogP contribution in [-0.2, 0) is 9.53 Å². The smallest absolute Gasteiger partial charge is 0.233 e. The zero-order valence-corrected chi connectivity index (χ0v) is 17.5. The first-order valence-corrected chi connectivity index (χ1v) is 10.8. The Labute approximate surface area is 176 Å². The molecule has 0 aliphatic carbocycles. The molecule has 2 aromatic carbocycles. The molecule has 0 bridgehead atoms. The van der Waals surface area contributed by atoms with Crippen LogP contribution in [0.3, 0.4) is 0 Å². The average molecular weight is 459 g/mol. The van der Waals surface area contributed by atoms with Crippen molar-refractivity contribution in [1.29, 1.82) is 0 Å². The van der Waals surface area contributed by atoms with E-state index in [1.807, 2.05) is 64.1 Å². The third-order valence-electron chi connectivity index (χ3n) is 4.45. The minimum Gasteiger partial charge on any atom is -0.378 e. The van der Waals surface area contributed by atoms with Gasteiger partial charge in [-0.2, -0.15) is 0 Å². The van der Waals surface area contributed by atoms with Crippen LogP contribution in [-0.4, -0.2) is 57.6 Å². The SMILES string of the molecule is O=C(CSc1nnc(-c2ccccc2Br)n1-c1ccccc1)N1CCOCC1. The number of hydrogen-bond acceptors (Lipinski definition) is 5. The molecule has 144 valence electrons. The number of para-hydroxylation sites is 1. The number of ether oxygens (including phenoxy) is 1. The first-order chi connectivity index (χ1) is 13.7. The molecule has 0 unspecified atom stereocenters. The molecule has 0 saturated carbocycles. The summed E-state index contributed by atoms with van der Waals surface area (Å²) in [5.74, 6) is 1.15. The highest BCUT2D eigenvalue weighted by atomic mass is 79.9. The second-order valence-electron chi connectivity index (χ2n) is 6.24. The van der Waals surface area contributed by atoms with Crippen molar-refractivity contribution in [2.45, 2.75) is 5.16 Å². The maximum Gasteiger partial charge on any atom is 0.233 e. The summed E-state index contributed by atoms with van der Waals surface area (Å²) in [7, 11) is 0. The summed E-state index contributed by atoms with van der Waals surface area (Å²) in [6, 6.07) is 17.9. The van der Waals surface area contributed by atoms with Crippen molar-refractivity contribution >= 4 is 33.6 Å². The minimum absolute atomic E-state index is 0.0957. The van der Waals surface area contributed by atoms with Gasteiger partial charge in [0, 0.05) is 28.8 Å². The second-order valence-corrected chi connectivity index (χ2v) is 8.04. The fourth-order valence-corrected chi connectivity index (χ4v) is 4.34. The van der Waals surface area contributed by atoms with Crippen LogP contribution in [0, 0.1) is 0 Å². The van der Waals surface area contributed by atoms with Gasteiger partial charge >= 0.3 is 0 Å². The van der Waals surface area contributed by atoms with Gasteiger partial charge in [-0.25, -0.2) is 0 Å². The van der Waals surface area contributed by atoms with E-state index in [0.717, 1.165) is 21.5 Å². The van der Waals surface area contributed by atoms with Gasteiger partial charge < -0.3 is 9.64 Å². The van der Waals surface area contributed by atoms with E-state index in [0.29, 0.717) is 37.2 Å². The van der Waals surface area contributed by atoms with E-state index < -0.39 is 0 Å². The molecule has 1 aliphatic rings. The number of benzene rings is 2. The zero-order valence-electron chi connectivity index (χ0n) is 15.1. The Morgan fingerprint density at radius 2 is 1.75 bits per heavy atom. The number of morpholine rings is 1. The van der Waals surface area contributed by atoms with E-state index in [2.05, 4.69) is 26.1 Å². The molecular weight excluding hydrogens is 440 g/mol. The van der Waals surface area contributed by atoms with Gasteiger partial charge in [0.1, 0.15) is 0 Å². The Hall–Kier alpha value is -2.16. The van der Waals surface area contributed by atoms with E-state index in [4.69, 9.17) is 4.74 Å². The minimum atomic E-state index is 0.0957. The fourth-order valence-electron chi connectivity index (χ4n) is 3.02. The summed E-state index contributed by atoms with van der Waals surface area (Å²) in [6.45, 7) is 2.49. The van der Waals surface area contributed by atoms with E-state index in [1.54, 1.807) is 0 Å². The summed E-state index contributed by atoms with van der Waals surface area (Å²) < 4.78 is 8.26. The number of nitrogens with zero attached hydrogens (tertiary/aromatic N) is 4. The Kier molecular flexibility index (Phi) is 6.09. The van der Waals surface area contributed by atoms with Gasteiger partial charge in [-0.05, 0) is 18.2 Å². The average Bonchev–Trinajstić information content (AvgIpc) is 3.17. The van der Waals surface area contributed by atoms with Crippen LogP contribution >= 0.6 is 27.7 Å². The molecule has 1 saturated heterocycles. The normalized spacial score (nSPS) is 14.2. The van der Waals surface area contributed by atoms with Crippen LogP contribution < -0.4 is 0 Å². The van der Waals surface area contributed by atoms with E-state index >= 15 is 0 Å². The topological polar surface area (TPSA) is 60.2 Å². The highest BCUT2D eigenvalue weighted by Gasteiger charge is 2.21. The number of hydrogen-bond donors (Lipinski definition) is 0. The molecule has 6 nitrogen and oxygen atoms in total. The van der Waals surface area contributed by atoms with E-state index in [-0.39, 0.29) is 5.91 Å². The third kappa shape index (κ3) is 4.14. The molecule has 1 aliphatic heterocycles. The lowest BCUT2D eigenvalue weighted by atomic mass is 10.2. The molecule has 2 heterocycles. The first kappa shape index (κ1) is 19.2. The molecule has 8 heteroatoms. The number of carbonyl (C=O) groups excluding carboxylic acids is 1. The predicted molar refractivity (Wildman–Crippen MR) is 113 cm³/mol. The molecule has 0 atom stereocenters. The lowest BCUT2D eigenvalue weighted by Crippen LogP contribution is -2.41. The lowest BCUT2D eigenvalue weighted by molar-refractivity contribution is -0.132. The molecule has 4 rings (SSSR count). The van der Waals surface area contributed by atoms with Gasteiger partial charge in [-0.15, -0.1) is 10.2 Å². The largest absolute Gasteiger partial charge is 0.378 e. The Morgan fingerprint density at radius 3 is 2.50 bits per heavy atom. The maximum atomic E-state index is 12.5. The van der Waals surface area contributed by atoms with Crippen LogP contribution in [0.2, 0.25) is 0 Å². The summed E-state index contributed by atoms with van der Waals surface area (Å²) in [5.41, 5.74) is 1.91. The molecule has 1 amide bonds. The molecule has 1 fully saturated rings. The lowest BCUT2D eigenvalue weighted by Gasteiger charge is -2.26. The molecule has 0 spiro atoms. The van der Waals surface area contributed by atoms with Gasteiger partial charge in [0.25, 0.3) is 0 Å². The second kappa shape index (κ2) is 8.89. The van der Waals surface area contributed by atoms with E-state index in [9.17, 15) is 4.79 Å². The standard InChI is InChI=1S/C20H19BrN4O2S/c21-17-9-5-4-8-16(17)19-22-23-20(25(19)15-6-2-1-3-7-15)28-14-18(26)24-10-12-27-13-11-24/h1-9H,10-14H2. The van der Waals surface area contributed by atoms with Crippen LogP contribution in [0.5, 0.6) is 0 Å². The monoisotopic (exact) mass is 458 g/mol. The molecule has 3 aromatic rings. The molecule has 28 heavy (non-hydrogen) atoms. The van der Waals surface area contributed by atoms with Crippen LogP contribution in [0.1, 0.15) is 0 Å². The third-order valence-corrected chi connectivity index (χ3v) is 6.06. The quantitative estimate of drug-likeness (QED) is 0.546. The van der Waals surface area contributed by atoms with Crippen molar-refractivity contribution in [3.63, 3.8) is 0 Å². The summed E-state index contributed by atoms with van der Waals surface area (Å²) in [4.78, 5) is 14.4. The molecule has 1 aromatic heterocycles. The number of aromatic nitrogens is 3. The van der Waals surface area contributed by atoms with E-state index in [1.165, 1.54) is 11.8 Å². The predicted octanol–water partition coefficient (Wildman–Crippen LogP) is 3.65. The van der Waals surface area contributed by atoms with Crippen LogP contribution in [0.25, 0.3) is 17.1 Å². The molecule has 0 radical (unpaired) electrons. The van der Waals surface area contributed by atoms with Crippen molar-refractivity contribution in [3.8, 4) is 17.1 Å². The molecule has 0 N–H and O–H groups in total. The highest BCUT2D eigenvalue weighted by molar-refractivity contribution is 9.10. The van der Waals surface area contributed by atoms with Gasteiger partial charge in [0.2, 0.25) is 5.91 Å². The fraction of sp³-hybridized carbons (Fsp3) is 0.250. The summed E-state index contributed by atoms with van der Waals surface area (Å²) >= 11 is 5.01. The zero-order chi connectivity index (χ0) is 19.3. The van der Waals surface area contributed by atoms with Gasteiger partial charge in [-0.3, -0.25) is 9.36 Å². The number of thioether (sulfide) groups is 1. The number of carbonyl (C=O) groups is 1. The Bertz CT molecular complexity index is 958. The Morgan fingerprint density at radius 1 is 1.04 bits per heavy atom. The summed E-state index contributed by atoms with van der Waals surface area (Å²) in [5, 5.41) is 9.51. The maximum absolute atomic E-state index is 12.5.